The fraction of sp³-hybridized carbons (Fsp3) is 0.154. The molecule has 0 amide bonds. The van der Waals surface area contributed by atoms with Crippen molar-refractivity contribution in [1.82, 2.24) is 4.98 Å². The summed E-state index contributed by atoms with van der Waals surface area (Å²) in [5.41, 5.74) is 6.89. The lowest BCUT2D eigenvalue weighted by Gasteiger charge is -2.11. The fourth-order valence-corrected chi connectivity index (χ4v) is 2.84. The van der Waals surface area contributed by atoms with E-state index in [2.05, 4.69) is 9.71 Å². The molecule has 5 nitrogen and oxygen atoms in total. The molecule has 0 saturated heterocycles. The molecule has 0 bridgehead atoms. The zero-order chi connectivity index (χ0) is 14.9. The number of hydrogen-bond donors (Lipinski definition) is 2. The molecule has 0 saturated carbocycles. The summed E-state index contributed by atoms with van der Waals surface area (Å²) >= 11 is 0. The van der Waals surface area contributed by atoms with Crippen molar-refractivity contribution < 1.29 is 12.8 Å². The summed E-state index contributed by atoms with van der Waals surface area (Å²) in [6.45, 7) is 3.51. The molecule has 1 heterocycles. The van der Waals surface area contributed by atoms with E-state index in [4.69, 9.17) is 5.73 Å². The molecule has 0 atom stereocenters. The number of nitrogens with zero attached hydrogens (tertiary/aromatic N) is 1. The summed E-state index contributed by atoms with van der Waals surface area (Å²) in [6.07, 6.45) is 0. The van der Waals surface area contributed by atoms with Gasteiger partial charge in [-0.3, -0.25) is 9.71 Å². The van der Waals surface area contributed by atoms with Gasteiger partial charge in [-0.2, -0.15) is 0 Å². The lowest BCUT2D eigenvalue weighted by atomic mass is 10.3. The van der Waals surface area contributed by atoms with Gasteiger partial charge in [0, 0.05) is 5.69 Å². The zero-order valence-electron chi connectivity index (χ0n) is 11.0. The minimum atomic E-state index is -3.82. The van der Waals surface area contributed by atoms with Crippen molar-refractivity contribution in [2.24, 2.45) is 0 Å². The predicted octanol–water partition coefficient (Wildman–Crippen LogP) is 2.22. The number of anilines is 2. The Kier molecular flexibility index (Phi) is 3.63. The van der Waals surface area contributed by atoms with Crippen molar-refractivity contribution in [3.63, 3.8) is 0 Å². The molecule has 0 aliphatic carbocycles. The first-order valence-corrected chi connectivity index (χ1v) is 7.30. The summed E-state index contributed by atoms with van der Waals surface area (Å²) in [6, 6.07) is 6.58. The second-order valence-electron chi connectivity index (χ2n) is 4.37. The average Bonchev–Trinajstić information content (AvgIpc) is 2.36. The van der Waals surface area contributed by atoms with Crippen molar-refractivity contribution in [2.45, 2.75) is 18.7 Å². The van der Waals surface area contributed by atoms with Crippen LogP contribution in [0.2, 0.25) is 0 Å². The van der Waals surface area contributed by atoms with Crippen LogP contribution in [-0.4, -0.2) is 13.4 Å². The van der Waals surface area contributed by atoms with Gasteiger partial charge in [0.05, 0.1) is 22.0 Å². The Hall–Kier alpha value is -2.15. The molecule has 1 aromatic heterocycles. The number of hydrogen-bond acceptors (Lipinski definition) is 4. The number of rotatable bonds is 3. The number of sulfonamides is 1. The Morgan fingerprint density at radius 2 is 1.90 bits per heavy atom. The van der Waals surface area contributed by atoms with Crippen molar-refractivity contribution >= 4 is 21.4 Å². The van der Waals surface area contributed by atoms with Gasteiger partial charge in [0.2, 0.25) is 0 Å². The highest BCUT2D eigenvalue weighted by Gasteiger charge is 2.17. The molecule has 0 aliphatic rings. The molecule has 1 aromatic carbocycles. The van der Waals surface area contributed by atoms with Gasteiger partial charge in [-0.1, -0.05) is 0 Å². The van der Waals surface area contributed by atoms with E-state index in [-0.39, 0.29) is 10.6 Å². The van der Waals surface area contributed by atoms with Crippen LogP contribution in [0.15, 0.2) is 35.2 Å². The number of benzene rings is 1. The first-order chi connectivity index (χ1) is 9.29. The molecule has 7 heteroatoms. The number of nitrogens with one attached hydrogen (secondary N) is 1. The molecule has 2 rings (SSSR count). The van der Waals surface area contributed by atoms with Crippen LogP contribution < -0.4 is 10.5 Å². The molecule has 2 aromatic rings. The minimum absolute atomic E-state index is 0.101. The van der Waals surface area contributed by atoms with Gasteiger partial charge in [-0.05, 0) is 44.2 Å². The number of nitrogens with two attached hydrogens (primary N) is 1. The normalized spacial score (nSPS) is 11.3. The number of aromatic nitrogens is 1. The zero-order valence-corrected chi connectivity index (χ0v) is 11.8. The van der Waals surface area contributed by atoms with E-state index in [1.807, 2.05) is 6.92 Å². The van der Waals surface area contributed by atoms with E-state index in [1.54, 1.807) is 19.1 Å². The molecule has 106 valence electrons. The van der Waals surface area contributed by atoms with Gasteiger partial charge in [0.1, 0.15) is 5.82 Å². The van der Waals surface area contributed by atoms with Gasteiger partial charge < -0.3 is 5.73 Å². The molecule has 0 radical (unpaired) electrons. The number of aryl methyl sites for hydroxylation is 2. The standard InChI is InChI=1S/C13H14FN3O2S/c1-8-3-6-13(9(2)16-8)17-20(18,19)10-4-5-11(14)12(15)7-10/h3-7,17H,15H2,1-2H3. The van der Waals surface area contributed by atoms with Crippen molar-refractivity contribution in [3.8, 4) is 0 Å². The second kappa shape index (κ2) is 5.09. The van der Waals surface area contributed by atoms with Gasteiger partial charge in [0.15, 0.2) is 0 Å². The Balaban J connectivity index is 2.38. The molecule has 20 heavy (non-hydrogen) atoms. The minimum Gasteiger partial charge on any atom is -0.396 e. The Bertz CT molecular complexity index is 760. The van der Waals surface area contributed by atoms with Gasteiger partial charge in [-0.15, -0.1) is 0 Å². The van der Waals surface area contributed by atoms with Crippen LogP contribution in [0.4, 0.5) is 15.8 Å². The lowest BCUT2D eigenvalue weighted by Crippen LogP contribution is -2.14. The molecular formula is C13H14FN3O2S. The summed E-state index contributed by atoms with van der Waals surface area (Å²) < 4.78 is 39.9. The monoisotopic (exact) mass is 295 g/mol. The third kappa shape index (κ3) is 2.88. The number of pyridine rings is 1. The number of halogens is 1. The van der Waals surface area contributed by atoms with Gasteiger partial charge in [-0.25, -0.2) is 12.8 Å². The molecule has 3 N–H and O–H groups in total. The van der Waals surface area contributed by atoms with Crippen LogP contribution in [-0.2, 0) is 10.0 Å². The molecule has 0 aliphatic heterocycles. The smallest absolute Gasteiger partial charge is 0.262 e. The Morgan fingerprint density at radius 3 is 2.50 bits per heavy atom. The van der Waals surface area contributed by atoms with E-state index in [0.717, 1.165) is 23.9 Å². The summed E-state index contributed by atoms with van der Waals surface area (Å²) in [5.74, 6) is -0.655. The van der Waals surface area contributed by atoms with Gasteiger partial charge in [0.25, 0.3) is 10.0 Å². The van der Waals surface area contributed by atoms with Crippen molar-refractivity contribution in [3.05, 3.63) is 47.5 Å². The van der Waals surface area contributed by atoms with E-state index in [9.17, 15) is 12.8 Å². The highest BCUT2D eigenvalue weighted by atomic mass is 32.2. The van der Waals surface area contributed by atoms with Crippen molar-refractivity contribution in [1.29, 1.82) is 0 Å². The lowest BCUT2D eigenvalue weighted by molar-refractivity contribution is 0.600. The van der Waals surface area contributed by atoms with E-state index in [0.29, 0.717) is 11.4 Å². The predicted molar refractivity (Wildman–Crippen MR) is 75.3 cm³/mol. The average molecular weight is 295 g/mol. The van der Waals surface area contributed by atoms with Crippen LogP contribution in [0.1, 0.15) is 11.4 Å². The van der Waals surface area contributed by atoms with E-state index < -0.39 is 15.8 Å². The van der Waals surface area contributed by atoms with Crippen LogP contribution >= 0.6 is 0 Å². The van der Waals surface area contributed by atoms with E-state index >= 15 is 0 Å². The largest absolute Gasteiger partial charge is 0.396 e. The third-order valence-electron chi connectivity index (χ3n) is 2.75. The topological polar surface area (TPSA) is 85.1 Å². The second-order valence-corrected chi connectivity index (χ2v) is 6.06. The van der Waals surface area contributed by atoms with Crippen LogP contribution in [0.5, 0.6) is 0 Å². The quantitative estimate of drug-likeness (QED) is 0.850. The first kappa shape index (κ1) is 14.3. The molecule has 0 unspecified atom stereocenters. The van der Waals surface area contributed by atoms with E-state index in [1.165, 1.54) is 0 Å². The highest BCUT2D eigenvalue weighted by Crippen LogP contribution is 2.21. The maximum Gasteiger partial charge on any atom is 0.262 e. The Labute approximate surface area is 116 Å². The SMILES string of the molecule is Cc1ccc(NS(=O)(=O)c2ccc(F)c(N)c2)c(C)n1. The Morgan fingerprint density at radius 1 is 1.20 bits per heavy atom. The molecular weight excluding hydrogens is 281 g/mol. The summed E-state index contributed by atoms with van der Waals surface area (Å²) in [7, 11) is -3.82. The maximum atomic E-state index is 13.1. The third-order valence-corrected chi connectivity index (χ3v) is 4.11. The van der Waals surface area contributed by atoms with Crippen LogP contribution in [0.25, 0.3) is 0 Å². The highest BCUT2D eigenvalue weighted by molar-refractivity contribution is 7.92. The van der Waals surface area contributed by atoms with Crippen molar-refractivity contribution in [2.75, 3.05) is 10.5 Å². The van der Waals surface area contributed by atoms with Gasteiger partial charge >= 0.3 is 0 Å². The number of nitrogen functional groups attached to an aromatic ring is 1. The molecule has 0 fully saturated rings. The summed E-state index contributed by atoms with van der Waals surface area (Å²) in [5, 5.41) is 0. The molecule has 0 spiro atoms. The fourth-order valence-electron chi connectivity index (χ4n) is 1.69. The maximum absolute atomic E-state index is 13.1. The van der Waals surface area contributed by atoms with Crippen LogP contribution in [0, 0.1) is 19.7 Å². The first-order valence-electron chi connectivity index (χ1n) is 5.82. The summed E-state index contributed by atoms with van der Waals surface area (Å²) in [4.78, 5) is 4.07. The van der Waals surface area contributed by atoms with Crippen LogP contribution in [0.3, 0.4) is 0 Å².